The number of hydrogen-bond donors (Lipinski definition) is 0. The van der Waals surface area contributed by atoms with Crippen molar-refractivity contribution in [3.05, 3.63) is 194 Å². The fraction of sp³-hybridized carbons (Fsp3) is 0. The number of hydrogen-bond acceptors (Lipinski definition) is 2. The number of benzene rings is 9. The number of para-hydroxylation sites is 4. The monoisotopic (exact) mass is 740 g/mol. The van der Waals surface area contributed by atoms with Gasteiger partial charge in [0.15, 0.2) is 0 Å². The maximum Gasteiger partial charge on any atom is 0.147 e. The van der Waals surface area contributed by atoms with E-state index in [2.05, 4.69) is 203 Å². The molecule has 0 fully saturated rings. The molecule has 0 N–H and O–H groups in total. The third-order valence-corrected chi connectivity index (χ3v) is 12.1. The molecule has 4 nitrogen and oxygen atoms in total. The molecule has 13 aromatic rings. The Morgan fingerprint density at radius 1 is 0.293 bits per heavy atom. The summed E-state index contributed by atoms with van der Waals surface area (Å²) in [6.07, 6.45) is 0. The average molecular weight is 741 g/mol. The standard InChI is InChI=1S/C54H32N2O2/c1-2-12-33(13-3-1)34-22-24-35(25-23-34)42-32-44-43-30-36(55-46-18-8-4-14-38(46)39-15-5-9-19-47(39)55)26-28-50(43)57-54(44)52-45-31-37(27-29-51(45)58-53(42)52)56-48-20-10-6-16-40(48)41-17-7-11-21-49(41)56/h1-32H. The van der Waals surface area contributed by atoms with Gasteiger partial charge in [0.2, 0.25) is 0 Å². The lowest BCUT2D eigenvalue weighted by Crippen LogP contribution is -1.93. The minimum absolute atomic E-state index is 0.816. The molecule has 0 spiro atoms. The van der Waals surface area contributed by atoms with Crippen molar-refractivity contribution in [1.29, 1.82) is 0 Å². The lowest BCUT2D eigenvalue weighted by atomic mass is 9.96. The minimum Gasteiger partial charge on any atom is -0.455 e. The molecule has 0 aliphatic carbocycles. The van der Waals surface area contributed by atoms with Crippen LogP contribution < -0.4 is 0 Å². The summed E-state index contributed by atoms with van der Waals surface area (Å²) in [7, 11) is 0. The Balaban J connectivity index is 1.10. The smallest absolute Gasteiger partial charge is 0.147 e. The summed E-state index contributed by atoms with van der Waals surface area (Å²) >= 11 is 0. The Morgan fingerprint density at radius 2 is 0.724 bits per heavy atom. The molecule has 0 saturated carbocycles. The van der Waals surface area contributed by atoms with Crippen molar-refractivity contribution in [2.75, 3.05) is 0 Å². The molecule has 0 amide bonds. The van der Waals surface area contributed by atoms with E-state index in [0.29, 0.717) is 0 Å². The van der Waals surface area contributed by atoms with Gasteiger partial charge in [-0.1, -0.05) is 127 Å². The van der Waals surface area contributed by atoms with Gasteiger partial charge in [0.1, 0.15) is 22.3 Å². The van der Waals surface area contributed by atoms with Crippen LogP contribution in [0.2, 0.25) is 0 Å². The Morgan fingerprint density at radius 3 is 1.28 bits per heavy atom. The van der Waals surface area contributed by atoms with Gasteiger partial charge in [0, 0.05) is 54.6 Å². The van der Waals surface area contributed by atoms with Crippen molar-refractivity contribution in [1.82, 2.24) is 9.13 Å². The number of rotatable bonds is 4. The zero-order valence-corrected chi connectivity index (χ0v) is 31.2. The Kier molecular flexibility index (Phi) is 6.41. The van der Waals surface area contributed by atoms with Gasteiger partial charge < -0.3 is 18.0 Å². The van der Waals surface area contributed by atoms with Crippen LogP contribution in [0.5, 0.6) is 0 Å². The van der Waals surface area contributed by atoms with E-state index in [1.54, 1.807) is 0 Å². The zero-order chi connectivity index (χ0) is 37.9. The quantitative estimate of drug-likeness (QED) is 0.180. The van der Waals surface area contributed by atoms with Crippen molar-refractivity contribution in [2.45, 2.75) is 0 Å². The fourth-order valence-electron chi connectivity index (χ4n) is 9.51. The van der Waals surface area contributed by atoms with Crippen molar-refractivity contribution in [2.24, 2.45) is 0 Å². The van der Waals surface area contributed by atoms with Crippen molar-refractivity contribution in [3.8, 4) is 33.6 Å². The largest absolute Gasteiger partial charge is 0.455 e. The van der Waals surface area contributed by atoms with Crippen LogP contribution in [0.3, 0.4) is 0 Å². The van der Waals surface area contributed by atoms with Crippen molar-refractivity contribution in [3.63, 3.8) is 0 Å². The molecular formula is C54H32N2O2. The summed E-state index contributed by atoms with van der Waals surface area (Å²) in [5, 5.41) is 9.05. The van der Waals surface area contributed by atoms with E-state index >= 15 is 0 Å². The first-order valence-corrected chi connectivity index (χ1v) is 19.8. The Bertz CT molecular complexity index is 3680. The Labute approximate surface area is 332 Å². The normalized spacial score (nSPS) is 12.1. The van der Waals surface area contributed by atoms with Crippen LogP contribution in [0.1, 0.15) is 0 Å². The summed E-state index contributed by atoms with van der Waals surface area (Å²) in [5.74, 6) is 0. The van der Waals surface area contributed by atoms with Crippen LogP contribution in [0.4, 0.5) is 0 Å². The molecule has 0 aliphatic rings. The fourth-order valence-corrected chi connectivity index (χ4v) is 9.51. The van der Waals surface area contributed by atoms with Crippen LogP contribution in [0.15, 0.2) is 203 Å². The maximum atomic E-state index is 6.94. The molecule has 0 atom stereocenters. The molecule has 0 aliphatic heterocycles. The third-order valence-electron chi connectivity index (χ3n) is 12.1. The van der Waals surface area contributed by atoms with Crippen LogP contribution in [0, 0.1) is 0 Å². The highest BCUT2D eigenvalue weighted by molar-refractivity contribution is 6.26. The number of aromatic nitrogens is 2. The molecule has 270 valence electrons. The van der Waals surface area contributed by atoms with Gasteiger partial charge in [-0.3, -0.25) is 0 Å². The first-order valence-electron chi connectivity index (χ1n) is 19.8. The second kappa shape index (κ2) is 11.8. The van der Waals surface area contributed by atoms with Gasteiger partial charge in [-0.2, -0.15) is 0 Å². The zero-order valence-electron chi connectivity index (χ0n) is 31.2. The summed E-state index contributed by atoms with van der Waals surface area (Å²) in [4.78, 5) is 0. The summed E-state index contributed by atoms with van der Waals surface area (Å²) in [5.41, 5.74) is 14.6. The predicted molar refractivity (Wildman–Crippen MR) is 241 cm³/mol. The van der Waals surface area contributed by atoms with Crippen molar-refractivity contribution < 1.29 is 8.83 Å². The summed E-state index contributed by atoms with van der Waals surface area (Å²) < 4.78 is 18.6. The predicted octanol–water partition coefficient (Wildman–Crippen LogP) is 15.0. The lowest BCUT2D eigenvalue weighted by molar-refractivity contribution is 0.663. The first-order chi connectivity index (χ1) is 28.8. The minimum atomic E-state index is 0.816. The van der Waals surface area contributed by atoms with Gasteiger partial charge in [0.05, 0.1) is 27.5 Å². The maximum absolute atomic E-state index is 6.94. The average Bonchev–Trinajstić information content (AvgIpc) is 4.04. The molecule has 4 heterocycles. The molecule has 9 aromatic carbocycles. The molecular weight excluding hydrogens is 709 g/mol. The van der Waals surface area contributed by atoms with E-state index in [4.69, 9.17) is 8.83 Å². The van der Waals surface area contributed by atoms with Gasteiger partial charge in [-0.05, 0) is 83.4 Å². The van der Waals surface area contributed by atoms with E-state index < -0.39 is 0 Å². The van der Waals surface area contributed by atoms with E-state index in [1.165, 1.54) is 54.7 Å². The number of nitrogens with zero attached hydrogens (tertiary/aromatic N) is 2. The molecule has 13 rings (SSSR count). The Hall–Kier alpha value is -7.82. The molecule has 58 heavy (non-hydrogen) atoms. The van der Waals surface area contributed by atoms with Gasteiger partial charge in [-0.15, -0.1) is 0 Å². The van der Waals surface area contributed by atoms with E-state index in [0.717, 1.165) is 66.4 Å². The SMILES string of the molecule is c1ccc(-c2ccc(-c3cc4c5cc(-n6c7ccccc7c7ccccc76)ccc5oc4c4c3oc3ccc(-n5c6ccccc6c6ccccc65)cc34)cc2)cc1. The van der Waals surface area contributed by atoms with Crippen molar-refractivity contribution >= 4 is 87.5 Å². The first kappa shape index (κ1) is 31.4. The number of furan rings is 2. The van der Waals surface area contributed by atoms with Crippen LogP contribution >= 0.6 is 0 Å². The van der Waals surface area contributed by atoms with E-state index in [-0.39, 0.29) is 0 Å². The molecule has 0 saturated heterocycles. The summed E-state index contributed by atoms with van der Waals surface area (Å²) in [6.45, 7) is 0. The highest BCUT2D eigenvalue weighted by Crippen LogP contribution is 2.46. The lowest BCUT2D eigenvalue weighted by Gasteiger charge is -2.08. The van der Waals surface area contributed by atoms with Crippen LogP contribution in [-0.2, 0) is 0 Å². The molecule has 4 aromatic heterocycles. The van der Waals surface area contributed by atoms with E-state index in [9.17, 15) is 0 Å². The topological polar surface area (TPSA) is 36.1 Å². The third kappa shape index (κ3) is 4.40. The highest BCUT2D eigenvalue weighted by Gasteiger charge is 2.23. The molecule has 4 heteroatoms. The van der Waals surface area contributed by atoms with E-state index in [1.807, 2.05) is 0 Å². The summed E-state index contributed by atoms with van der Waals surface area (Å²) in [6, 6.07) is 69.4. The second-order valence-corrected chi connectivity index (χ2v) is 15.3. The molecule has 0 bridgehead atoms. The molecule has 0 radical (unpaired) electrons. The highest BCUT2D eigenvalue weighted by atomic mass is 16.3. The number of fused-ring (bicyclic) bond motifs is 13. The van der Waals surface area contributed by atoms with Crippen LogP contribution in [0.25, 0.3) is 121 Å². The molecule has 0 unspecified atom stereocenters. The van der Waals surface area contributed by atoms with Gasteiger partial charge >= 0.3 is 0 Å². The van der Waals surface area contributed by atoms with Crippen LogP contribution in [-0.4, -0.2) is 9.13 Å². The second-order valence-electron chi connectivity index (χ2n) is 15.3. The van der Waals surface area contributed by atoms with Gasteiger partial charge in [-0.25, -0.2) is 0 Å². The van der Waals surface area contributed by atoms with Gasteiger partial charge in [0.25, 0.3) is 0 Å².